The summed E-state index contributed by atoms with van der Waals surface area (Å²) in [6.45, 7) is 0.820. The zero-order chi connectivity index (χ0) is 17.2. The van der Waals surface area contributed by atoms with Crippen LogP contribution in [0.5, 0.6) is 11.5 Å². The lowest BCUT2D eigenvalue weighted by Gasteiger charge is -2.27. The van der Waals surface area contributed by atoms with Crippen LogP contribution in [0.15, 0.2) is 30.5 Å². The second kappa shape index (κ2) is 6.66. The average Bonchev–Trinajstić information content (AvgIpc) is 3.02. The number of hydrogen-bond acceptors (Lipinski definition) is 4. The molecule has 0 saturated carbocycles. The highest BCUT2D eigenvalue weighted by Gasteiger charge is 2.26. The van der Waals surface area contributed by atoms with Crippen LogP contribution >= 0.6 is 0 Å². The molecule has 7 heteroatoms. The summed E-state index contributed by atoms with van der Waals surface area (Å²) in [7, 11) is 1.94. The van der Waals surface area contributed by atoms with Crippen LogP contribution in [0, 0.1) is 0 Å². The predicted octanol–water partition coefficient (Wildman–Crippen LogP) is 1.94. The normalized spacial score (nSPS) is 21.3. The molecule has 1 aliphatic carbocycles. The quantitative estimate of drug-likeness (QED) is 0.894. The van der Waals surface area contributed by atoms with E-state index in [-0.39, 0.29) is 18.2 Å². The summed E-state index contributed by atoms with van der Waals surface area (Å²) in [4.78, 5) is 12.3. The summed E-state index contributed by atoms with van der Waals surface area (Å²) < 4.78 is 13.4. The fraction of sp³-hybridized carbons (Fsp3) is 0.444. The van der Waals surface area contributed by atoms with E-state index in [1.165, 1.54) is 5.69 Å². The van der Waals surface area contributed by atoms with Crippen LogP contribution in [0.3, 0.4) is 0 Å². The number of hydrogen-bond donors (Lipinski definition) is 2. The Kier molecular flexibility index (Phi) is 4.21. The highest BCUT2D eigenvalue weighted by molar-refractivity contribution is 5.74. The van der Waals surface area contributed by atoms with Gasteiger partial charge >= 0.3 is 6.03 Å². The summed E-state index contributed by atoms with van der Waals surface area (Å²) in [6.07, 6.45) is 4.66. The maximum absolute atomic E-state index is 12.3. The van der Waals surface area contributed by atoms with Crippen molar-refractivity contribution in [2.24, 2.45) is 7.05 Å². The Balaban J connectivity index is 1.31. The van der Waals surface area contributed by atoms with Gasteiger partial charge in [0.05, 0.1) is 18.8 Å². The zero-order valence-electron chi connectivity index (χ0n) is 14.2. The van der Waals surface area contributed by atoms with Crippen LogP contribution in [-0.4, -0.2) is 35.1 Å². The van der Waals surface area contributed by atoms with E-state index in [1.54, 1.807) is 0 Å². The van der Waals surface area contributed by atoms with Crippen molar-refractivity contribution >= 4 is 6.03 Å². The second-order valence-electron chi connectivity index (χ2n) is 6.47. The first-order valence-corrected chi connectivity index (χ1v) is 8.64. The Morgan fingerprint density at radius 3 is 3.08 bits per heavy atom. The number of carbonyl (C=O) groups excluding carboxylic acids is 1. The average molecular weight is 342 g/mol. The van der Waals surface area contributed by atoms with Gasteiger partial charge in [-0.15, -0.1) is 0 Å². The van der Waals surface area contributed by atoms with Crippen molar-refractivity contribution in [2.75, 3.05) is 13.2 Å². The lowest BCUT2D eigenvalue weighted by atomic mass is 9.93. The lowest BCUT2D eigenvalue weighted by Crippen LogP contribution is -2.45. The van der Waals surface area contributed by atoms with Crippen molar-refractivity contribution in [1.82, 2.24) is 20.4 Å². The molecule has 0 unspecified atom stereocenters. The van der Waals surface area contributed by atoms with Crippen LogP contribution in [0.25, 0.3) is 0 Å². The maximum atomic E-state index is 12.3. The molecule has 0 bridgehead atoms. The van der Waals surface area contributed by atoms with Gasteiger partial charge in [-0.1, -0.05) is 12.1 Å². The largest absolute Gasteiger partial charge is 0.486 e. The van der Waals surface area contributed by atoms with E-state index in [2.05, 4.69) is 15.7 Å². The molecule has 2 amide bonds. The number of urea groups is 1. The zero-order valence-corrected chi connectivity index (χ0v) is 14.2. The number of ether oxygens (including phenoxy) is 2. The van der Waals surface area contributed by atoms with Gasteiger partial charge in [0, 0.05) is 18.3 Å². The molecule has 2 aliphatic rings. The molecule has 7 nitrogen and oxygen atoms in total. The molecule has 0 spiro atoms. The molecule has 1 aromatic carbocycles. The number of para-hydroxylation sites is 2. The number of carbonyl (C=O) groups is 1. The number of benzene rings is 1. The number of nitrogens with one attached hydrogen (secondary N) is 2. The Morgan fingerprint density at radius 1 is 1.36 bits per heavy atom. The monoisotopic (exact) mass is 342 g/mol. The van der Waals surface area contributed by atoms with Gasteiger partial charge in [-0.05, 0) is 31.4 Å². The maximum Gasteiger partial charge on any atom is 0.315 e. The van der Waals surface area contributed by atoms with Crippen molar-refractivity contribution in [3.63, 3.8) is 0 Å². The summed E-state index contributed by atoms with van der Waals surface area (Å²) in [5.74, 6) is 1.46. The Morgan fingerprint density at radius 2 is 2.20 bits per heavy atom. The van der Waals surface area contributed by atoms with E-state index in [9.17, 15) is 4.79 Å². The molecule has 2 aromatic rings. The molecule has 132 valence electrons. The third-order valence-corrected chi connectivity index (χ3v) is 4.74. The van der Waals surface area contributed by atoms with Crippen molar-refractivity contribution in [3.05, 3.63) is 41.7 Å². The Bertz CT molecular complexity index is 773. The highest BCUT2D eigenvalue weighted by Crippen LogP contribution is 2.31. The van der Waals surface area contributed by atoms with E-state index in [0.29, 0.717) is 18.9 Å². The molecule has 2 atom stereocenters. The number of nitrogens with zero attached hydrogens (tertiary/aromatic N) is 2. The second-order valence-corrected chi connectivity index (χ2v) is 6.47. The van der Waals surface area contributed by atoms with Crippen molar-refractivity contribution in [3.8, 4) is 11.5 Å². The Hall–Kier alpha value is -2.70. The van der Waals surface area contributed by atoms with E-state index in [1.807, 2.05) is 42.2 Å². The minimum Gasteiger partial charge on any atom is -0.486 e. The fourth-order valence-electron chi connectivity index (χ4n) is 3.44. The molecular weight excluding hydrogens is 320 g/mol. The van der Waals surface area contributed by atoms with Gasteiger partial charge in [0.25, 0.3) is 0 Å². The van der Waals surface area contributed by atoms with Gasteiger partial charge in [-0.3, -0.25) is 4.68 Å². The summed E-state index contributed by atoms with van der Waals surface area (Å²) >= 11 is 0. The van der Waals surface area contributed by atoms with E-state index >= 15 is 0 Å². The Labute approximate surface area is 146 Å². The van der Waals surface area contributed by atoms with Gasteiger partial charge in [0.15, 0.2) is 17.6 Å². The van der Waals surface area contributed by atoms with Gasteiger partial charge in [-0.2, -0.15) is 5.10 Å². The number of rotatable bonds is 3. The molecule has 1 aliphatic heterocycles. The van der Waals surface area contributed by atoms with Crippen molar-refractivity contribution in [2.45, 2.75) is 31.4 Å². The summed E-state index contributed by atoms with van der Waals surface area (Å²) in [5.41, 5.74) is 2.33. The minimum atomic E-state index is -0.194. The minimum absolute atomic E-state index is 0.0155. The van der Waals surface area contributed by atoms with E-state index < -0.39 is 0 Å². The molecular formula is C18H22N4O3. The molecule has 0 saturated heterocycles. The third kappa shape index (κ3) is 3.26. The molecule has 0 fully saturated rings. The van der Waals surface area contributed by atoms with Crippen LogP contribution in [0.2, 0.25) is 0 Å². The molecule has 4 rings (SSSR count). The predicted molar refractivity (Wildman–Crippen MR) is 91.8 cm³/mol. The van der Waals surface area contributed by atoms with Gasteiger partial charge in [0.2, 0.25) is 0 Å². The smallest absolute Gasteiger partial charge is 0.315 e. The molecule has 25 heavy (non-hydrogen) atoms. The van der Waals surface area contributed by atoms with Crippen LogP contribution < -0.4 is 20.1 Å². The molecule has 2 N–H and O–H groups in total. The van der Waals surface area contributed by atoms with E-state index in [4.69, 9.17) is 9.47 Å². The number of fused-ring (bicyclic) bond motifs is 2. The van der Waals surface area contributed by atoms with Crippen molar-refractivity contribution < 1.29 is 14.3 Å². The van der Waals surface area contributed by atoms with Crippen molar-refractivity contribution in [1.29, 1.82) is 0 Å². The fourth-order valence-corrected chi connectivity index (χ4v) is 3.44. The summed E-state index contributed by atoms with van der Waals surface area (Å²) in [5, 5.41) is 10.2. The molecule has 2 heterocycles. The highest BCUT2D eigenvalue weighted by atomic mass is 16.6. The number of amides is 2. The van der Waals surface area contributed by atoms with E-state index in [0.717, 1.165) is 30.6 Å². The molecule has 0 radical (unpaired) electrons. The SMILES string of the molecule is Cn1ncc2c1CCC[C@H]2NC(=O)NC[C@@H]1COc2ccccc2O1. The van der Waals surface area contributed by atoms with Gasteiger partial charge in [0.1, 0.15) is 6.61 Å². The number of aromatic nitrogens is 2. The third-order valence-electron chi connectivity index (χ3n) is 4.74. The first kappa shape index (κ1) is 15.8. The standard InChI is InChI=1S/C18H22N4O3/c1-22-15-6-4-5-14(13(15)10-20-22)21-18(23)19-9-12-11-24-16-7-2-3-8-17(16)25-12/h2-3,7-8,10,12,14H,4-6,9,11H2,1H3,(H2,19,21,23)/t12-,14-/m1/s1. The first-order valence-electron chi connectivity index (χ1n) is 8.64. The molecule has 1 aromatic heterocycles. The number of aryl methyl sites for hydroxylation is 1. The summed E-state index contributed by atoms with van der Waals surface area (Å²) in [6, 6.07) is 7.38. The van der Waals surface area contributed by atoms with Crippen LogP contribution in [-0.2, 0) is 13.5 Å². The van der Waals surface area contributed by atoms with Gasteiger partial charge in [-0.25, -0.2) is 4.79 Å². The van der Waals surface area contributed by atoms with Gasteiger partial charge < -0.3 is 20.1 Å². The van der Waals surface area contributed by atoms with Crippen LogP contribution in [0.1, 0.15) is 30.1 Å². The lowest BCUT2D eigenvalue weighted by molar-refractivity contribution is 0.0917. The van der Waals surface area contributed by atoms with Crippen LogP contribution in [0.4, 0.5) is 4.79 Å². The first-order chi connectivity index (χ1) is 12.2. The topological polar surface area (TPSA) is 77.4 Å².